The highest BCUT2D eigenvalue weighted by molar-refractivity contribution is 9.09. The molecule has 0 aliphatic carbocycles. The van der Waals surface area contributed by atoms with E-state index in [4.69, 9.17) is 27.8 Å². The second-order valence-corrected chi connectivity index (χ2v) is 47.6. The van der Waals surface area contributed by atoms with Crippen LogP contribution in [0.25, 0.3) is 55.4 Å². The Hall–Kier alpha value is -9.31. The lowest BCUT2D eigenvalue weighted by atomic mass is 9.94. The molecule has 4 aliphatic rings. The van der Waals surface area contributed by atoms with Crippen molar-refractivity contribution in [2.45, 2.75) is 235 Å². The second kappa shape index (κ2) is 35.9. The first-order valence-corrected chi connectivity index (χ1v) is 48.0. The van der Waals surface area contributed by atoms with Gasteiger partial charge in [-0.25, -0.2) is 35.9 Å². The summed E-state index contributed by atoms with van der Waals surface area (Å²) in [6, 6.07) is 10.0. The molecule has 2 saturated heterocycles. The van der Waals surface area contributed by atoms with Gasteiger partial charge in [-0.05, 0) is 190 Å². The number of carbonyl (C=O) groups excluding carboxylic acids is 4. The molecule has 0 radical (unpaired) electrons. The zero-order chi connectivity index (χ0) is 89.9. The Morgan fingerprint density at radius 1 is 0.537 bits per heavy atom. The molecule has 4 aromatic carbocycles. The number of halogens is 7. The average Bonchev–Trinajstić information content (AvgIpc) is 0.703. The second-order valence-electron chi connectivity index (χ2n) is 37.1. The Kier molecular flexibility index (Phi) is 27.9. The van der Waals surface area contributed by atoms with Crippen LogP contribution in [0.4, 0.5) is 58.7 Å². The number of nitrogens with one attached hydrogen (secondary N) is 1. The van der Waals surface area contributed by atoms with Gasteiger partial charge in [-0.1, -0.05) is 97.3 Å². The van der Waals surface area contributed by atoms with E-state index >= 15 is 35.9 Å². The van der Waals surface area contributed by atoms with Crippen LogP contribution in [0.5, 0.6) is 11.5 Å². The molecule has 8 heterocycles. The Morgan fingerprint density at radius 3 is 1.35 bits per heavy atom. The molecule has 0 spiro atoms. The molecule has 656 valence electrons. The standard InChI is InChI=1S/C45H58F3N5O6Si.C36H38F3N5O5.C9H21BrOSi/c1-25(2)36-37(26(3)18-19-49-36)53-38-28(22-30(47)34(35(38)48)33-29(46)16-14-17-32(33)57-11)39-40(42(53)55)50(20-15-21-58-60(12,13)45(8,9)10)41(54)31-24-51(27(4)23-52(31)39)43(56)59-44(5,6)7;1-17(2)28-30(18(3)12-13-40-28)44-31-20(14-22(38)26(27(31)39)25-21(37)10-9-11-24(25)48-8)32-29(34(44)46)41-33(45)23-16-42(19(4)15-43(23)32)35(47)49-36(5,6)7;1-9(2,3)12(4,5)11-8-6-7-10/h14,16-19,22,25,27,31H,15,20-21,23-24H2,1-13H3;9-14,17,19,23H,15-16H2,1-8H3,(H,41,45);6-8H2,1-5H3/t27-,31-;19-,23-;/m11./s1. The van der Waals surface area contributed by atoms with Crippen LogP contribution in [0.2, 0.25) is 36.3 Å². The number of amides is 4. The molecule has 8 aromatic rings. The fourth-order valence-electron chi connectivity index (χ4n) is 15.2. The molecule has 0 unspecified atom stereocenters. The summed E-state index contributed by atoms with van der Waals surface area (Å²) in [4.78, 5) is 103. The van der Waals surface area contributed by atoms with E-state index in [9.17, 15) is 19.2 Å². The van der Waals surface area contributed by atoms with Gasteiger partial charge in [-0.15, -0.1) is 0 Å². The van der Waals surface area contributed by atoms with Crippen molar-refractivity contribution in [3.63, 3.8) is 0 Å². The van der Waals surface area contributed by atoms with E-state index in [2.05, 4.69) is 98.9 Å². The summed E-state index contributed by atoms with van der Waals surface area (Å²) >= 11 is 3.40. The predicted molar refractivity (Wildman–Crippen MR) is 473 cm³/mol. The molecule has 0 saturated carbocycles. The van der Waals surface area contributed by atoms with Crippen molar-refractivity contribution in [3.8, 4) is 45.1 Å². The van der Waals surface area contributed by atoms with Gasteiger partial charge in [0, 0.05) is 73.4 Å². The molecule has 1 N–H and O–H groups in total. The minimum Gasteiger partial charge on any atom is -0.496 e. The zero-order valence-electron chi connectivity index (χ0n) is 74.5. The monoisotopic (exact) mass is 1780 g/mol. The summed E-state index contributed by atoms with van der Waals surface area (Å²) in [6.45, 7) is 48.1. The van der Waals surface area contributed by atoms with Crippen molar-refractivity contribution >= 4 is 101 Å². The van der Waals surface area contributed by atoms with Gasteiger partial charge in [0.25, 0.3) is 17.0 Å². The number of pyridine rings is 4. The Labute approximate surface area is 715 Å². The SMILES string of the molecule is CC(C)(C)[Si](C)(C)OCCCBr.COc1cccc(F)c1-c1c(F)cc2c3c(c(=O)n(-c4c(C)ccnc4C(C)C)c2c1F)N(CCCO[Si](C)(C)C(C)(C)C)C(=O)[C@H]1CN(C(=O)OC(C)(C)C)[C@H](C)CN31.COc1cccc(F)c1-c1c(F)cc2c3c(c(=O)n(-c4c(C)ccnc4C(C)C)c2c1F)NC(=O)[C@H]1CN(C(=O)OC(C)(C)C)[C@H](C)CN31. The van der Waals surface area contributed by atoms with Gasteiger partial charge in [0.2, 0.25) is 5.91 Å². The van der Waals surface area contributed by atoms with Crippen LogP contribution < -0.4 is 40.6 Å². The van der Waals surface area contributed by atoms with E-state index in [0.29, 0.717) is 40.6 Å². The average molecular weight is 1780 g/mol. The van der Waals surface area contributed by atoms with Crippen LogP contribution in [0.15, 0.2) is 82.6 Å². The smallest absolute Gasteiger partial charge is 0.410 e. The van der Waals surface area contributed by atoms with Gasteiger partial charge in [0.15, 0.2) is 28.3 Å². The predicted octanol–water partition coefficient (Wildman–Crippen LogP) is 20.0. The van der Waals surface area contributed by atoms with Crippen LogP contribution in [-0.4, -0.2) is 170 Å². The van der Waals surface area contributed by atoms with Gasteiger partial charge in [0.1, 0.15) is 69.4 Å². The molecule has 4 aromatic heterocycles. The van der Waals surface area contributed by atoms with E-state index in [-0.39, 0.29) is 117 Å². The van der Waals surface area contributed by atoms with Crippen molar-refractivity contribution in [3.05, 3.63) is 151 Å². The number of benzene rings is 4. The normalized spacial score (nSPS) is 17.1. The highest BCUT2D eigenvalue weighted by Gasteiger charge is 2.51. The topological polar surface area (TPSA) is 222 Å². The zero-order valence-corrected chi connectivity index (χ0v) is 78.1. The maximum atomic E-state index is 17.9. The molecule has 22 nitrogen and oxygen atoms in total. The largest absolute Gasteiger partial charge is 0.496 e. The quantitative estimate of drug-likeness (QED) is 0.0387. The van der Waals surface area contributed by atoms with Gasteiger partial charge >= 0.3 is 12.2 Å². The number of piperazine rings is 2. The summed E-state index contributed by atoms with van der Waals surface area (Å²) in [6.07, 6.45) is 3.39. The summed E-state index contributed by atoms with van der Waals surface area (Å²) in [7, 11) is -1.13. The molecule has 31 heteroatoms. The third-order valence-corrected chi connectivity index (χ3v) is 33.0. The van der Waals surface area contributed by atoms with Gasteiger partial charge in [-0.2, -0.15) is 0 Å². The van der Waals surface area contributed by atoms with E-state index < -0.39 is 144 Å². The fraction of sp³-hybridized carbons (Fsp3) is 0.511. The number of rotatable bonds is 17. The molecule has 4 aliphatic heterocycles. The molecule has 12 rings (SSSR count). The van der Waals surface area contributed by atoms with Crippen molar-refractivity contribution in [1.82, 2.24) is 28.9 Å². The maximum Gasteiger partial charge on any atom is 0.410 e. The summed E-state index contributed by atoms with van der Waals surface area (Å²) in [5.74, 6) is -8.21. The first kappa shape index (κ1) is 94.0. The molecule has 2 fully saturated rings. The van der Waals surface area contributed by atoms with Crippen molar-refractivity contribution in [2.24, 2.45) is 0 Å². The number of fused-ring (bicyclic) bond motifs is 10. The Balaban J connectivity index is 0.000000226. The Bertz CT molecular complexity index is 5450. The van der Waals surface area contributed by atoms with Crippen LogP contribution in [-0.2, 0) is 27.9 Å². The number of aromatic nitrogens is 4. The highest BCUT2D eigenvalue weighted by atomic mass is 79.9. The number of aryl methyl sites for hydroxylation is 2. The fourth-order valence-corrected chi connectivity index (χ4v) is 17.7. The lowest BCUT2D eigenvalue weighted by Gasteiger charge is -2.50. The summed E-state index contributed by atoms with van der Waals surface area (Å²) < 4.78 is 137. The number of carbonyl (C=O) groups is 4. The van der Waals surface area contributed by atoms with E-state index in [1.54, 1.807) is 104 Å². The molecule has 4 amide bonds. The summed E-state index contributed by atoms with van der Waals surface area (Å²) in [5.41, 5.74) is -3.58. The van der Waals surface area contributed by atoms with E-state index in [1.165, 1.54) is 57.8 Å². The van der Waals surface area contributed by atoms with Gasteiger partial charge < -0.3 is 57.6 Å². The molecule has 4 atom stereocenters. The number of ether oxygens (including phenoxy) is 4. The first-order chi connectivity index (χ1) is 56.3. The van der Waals surface area contributed by atoms with E-state index in [1.807, 2.05) is 27.7 Å². The van der Waals surface area contributed by atoms with Gasteiger partial charge in [0.05, 0.1) is 94.7 Å². The number of anilines is 4. The van der Waals surface area contributed by atoms with Crippen LogP contribution in [0.1, 0.15) is 172 Å². The lowest BCUT2D eigenvalue weighted by molar-refractivity contribution is -0.121. The van der Waals surface area contributed by atoms with Crippen LogP contribution in [0, 0.1) is 48.8 Å². The third-order valence-electron chi connectivity index (χ3n) is 23.4. The maximum absolute atomic E-state index is 17.9. The number of alkyl halides is 1. The molecule has 0 bridgehead atoms. The molecular weight excluding hydrogens is 1660 g/mol. The first-order valence-electron chi connectivity index (χ1n) is 41.1. The minimum absolute atomic E-state index is 0.0189. The third kappa shape index (κ3) is 18.7. The van der Waals surface area contributed by atoms with Crippen LogP contribution in [0.3, 0.4) is 0 Å². The van der Waals surface area contributed by atoms with Crippen molar-refractivity contribution < 1.29 is 73.3 Å². The molecular formula is C90H117BrF6N10O12Si2. The molecule has 121 heavy (non-hydrogen) atoms. The van der Waals surface area contributed by atoms with Crippen LogP contribution >= 0.6 is 15.9 Å². The summed E-state index contributed by atoms with van der Waals surface area (Å²) in [5, 5.41) is 3.95. The number of methoxy groups -OCH3 is 2. The van der Waals surface area contributed by atoms with Crippen molar-refractivity contribution in [2.75, 3.05) is 85.5 Å². The highest BCUT2D eigenvalue weighted by Crippen LogP contribution is 2.50. The van der Waals surface area contributed by atoms with E-state index in [0.717, 1.165) is 47.2 Å². The lowest BCUT2D eigenvalue weighted by Crippen LogP contribution is -2.67. The number of hydrogen-bond acceptors (Lipinski definition) is 16. The number of hydrogen-bond donors (Lipinski definition) is 1. The Morgan fingerprint density at radius 2 is 0.942 bits per heavy atom. The van der Waals surface area contributed by atoms with Crippen molar-refractivity contribution in [1.29, 1.82) is 0 Å². The van der Waals surface area contributed by atoms with Gasteiger partial charge in [-0.3, -0.25) is 38.3 Å². The minimum atomic E-state index is -2.20. The number of nitrogens with zero attached hydrogens (tertiary/aromatic N) is 9.